The Balaban J connectivity index is 1.09. The number of aliphatic hydroxyl groups excluding tert-OH is 7. The summed E-state index contributed by atoms with van der Waals surface area (Å²) in [4.78, 5) is 53.4. The topological polar surface area (TPSA) is 343 Å². The molecule has 2 aromatic rings. The summed E-state index contributed by atoms with van der Waals surface area (Å²) >= 11 is 6.14. The molecule has 0 aliphatic carbocycles. The van der Waals surface area contributed by atoms with Gasteiger partial charge in [0.2, 0.25) is 11.8 Å². The maximum Gasteiger partial charge on any atom is 0.306 e. The first-order valence-corrected chi connectivity index (χ1v) is 20.6. The standard InChI is InChI=1S/C39H51ClN8O16/c1-21(50)42-27-18-22(3-6-26(27)44-43-25-5-4-23(48(59)60)17-24(25)40)46(10-2-9-41)15-16-61-31(52)8-7-30(51)47-13-11-45(12-14-47)19-28-32(53)33(54)36(57)39(63-28)64-37-29(20-49)62-38(58)35(56)34(37)55/h3-6,17-18,28-29,32-39,49,53-58H,2,7-8,10-16,19-20H2,1H3,(H,42,50)/t28-,29-,32+,33+,34-,35-,36-,37-,38?,39+/m1/s1. The number of nitrogens with one attached hydrogen (secondary N) is 1. The van der Waals surface area contributed by atoms with Gasteiger partial charge in [0, 0.05) is 70.4 Å². The minimum absolute atomic E-state index is 0.00518. The fourth-order valence-corrected chi connectivity index (χ4v) is 7.38. The van der Waals surface area contributed by atoms with Gasteiger partial charge in [-0.15, -0.1) is 10.2 Å². The van der Waals surface area contributed by atoms with Crippen molar-refractivity contribution >= 4 is 57.8 Å². The van der Waals surface area contributed by atoms with Crippen LogP contribution in [-0.2, 0) is 33.3 Å². The van der Waals surface area contributed by atoms with E-state index >= 15 is 0 Å². The van der Waals surface area contributed by atoms with Crippen molar-refractivity contribution < 1.29 is 74.0 Å². The Morgan fingerprint density at radius 3 is 2.30 bits per heavy atom. The number of carbonyl (C=O) groups is 3. The predicted molar refractivity (Wildman–Crippen MR) is 220 cm³/mol. The first-order valence-electron chi connectivity index (χ1n) is 20.2. The van der Waals surface area contributed by atoms with E-state index in [0.717, 1.165) is 6.07 Å². The average molecular weight is 923 g/mol. The van der Waals surface area contributed by atoms with Crippen molar-refractivity contribution in [3.05, 3.63) is 51.5 Å². The normalized spacial score (nSPS) is 27.5. The zero-order valence-electron chi connectivity index (χ0n) is 34.5. The molecule has 3 heterocycles. The van der Waals surface area contributed by atoms with Crippen LogP contribution in [0.2, 0.25) is 5.02 Å². The van der Waals surface area contributed by atoms with Crippen LogP contribution in [0.25, 0.3) is 0 Å². The van der Waals surface area contributed by atoms with Crippen LogP contribution < -0.4 is 10.2 Å². The smallest absolute Gasteiger partial charge is 0.306 e. The molecule has 3 aliphatic rings. The summed E-state index contributed by atoms with van der Waals surface area (Å²) in [5, 5.41) is 103. The second-order valence-corrected chi connectivity index (χ2v) is 15.5. The van der Waals surface area contributed by atoms with Crippen LogP contribution in [0.4, 0.5) is 28.4 Å². The molecule has 0 radical (unpaired) electrons. The van der Waals surface area contributed by atoms with Crippen molar-refractivity contribution in [3.8, 4) is 6.07 Å². The van der Waals surface area contributed by atoms with Gasteiger partial charge in [0.15, 0.2) is 12.6 Å². The number of esters is 1. The molecule has 0 bridgehead atoms. The number of azo groups is 1. The highest BCUT2D eigenvalue weighted by Crippen LogP contribution is 2.35. The summed E-state index contributed by atoms with van der Waals surface area (Å²) in [6.45, 7) is 2.03. The molecule has 24 nitrogen and oxygen atoms in total. The first-order chi connectivity index (χ1) is 30.5. The number of nitro benzene ring substituents is 1. The molecule has 1 unspecified atom stereocenters. The number of carbonyl (C=O) groups excluding carboxylic acids is 3. The number of hydrogen-bond acceptors (Lipinski definition) is 21. The number of piperazine rings is 1. The third-order valence-electron chi connectivity index (χ3n) is 10.7. The molecular weight excluding hydrogens is 872 g/mol. The molecule has 64 heavy (non-hydrogen) atoms. The van der Waals surface area contributed by atoms with E-state index in [0.29, 0.717) is 18.8 Å². The van der Waals surface area contributed by atoms with E-state index in [9.17, 15) is 65.5 Å². The number of benzene rings is 2. The van der Waals surface area contributed by atoms with Crippen molar-refractivity contribution in [3.63, 3.8) is 0 Å². The van der Waals surface area contributed by atoms with Gasteiger partial charge in [-0.3, -0.25) is 29.4 Å². The molecule has 2 amide bonds. The monoisotopic (exact) mass is 922 g/mol. The van der Waals surface area contributed by atoms with Crippen molar-refractivity contribution in [1.29, 1.82) is 5.26 Å². The largest absolute Gasteiger partial charge is 0.464 e. The molecule has 25 heteroatoms. The van der Waals surface area contributed by atoms with Crippen LogP contribution in [0.3, 0.4) is 0 Å². The number of aliphatic hydroxyl groups is 7. The van der Waals surface area contributed by atoms with Crippen molar-refractivity contribution in [2.45, 2.75) is 87.6 Å². The van der Waals surface area contributed by atoms with Crippen LogP contribution in [0.5, 0.6) is 0 Å². The molecule has 3 aliphatic heterocycles. The molecule has 350 valence electrons. The maximum absolute atomic E-state index is 13.0. The summed E-state index contributed by atoms with van der Waals surface area (Å²) < 4.78 is 21.9. The summed E-state index contributed by atoms with van der Waals surface area (Å²) in [5.74, 6) is -1.34. The second-order valence-electron chi connectivity index (χ2n) is 15.1. The summed E-state index contributed by atoms with van der Waals surface area (Å²) in [6.07, 6.45) is -16.3. The van der Waals surface area contributed by atoms with Gasteiger partial charge in [0.25, 0.3) is 5.69 Å². The zero-order chi connectivity index (χ0) is 46.7. The van der Waals surface area contributed by atoms with Gasteiger partial charge < -0.3 is 69.8 Å². The quantitative estimate of drug-likeness (QED) is 0.0402. The number of hydrogen-bond donors (Lipinski definition) is 8. The van der Waals surface area contributed by atoms with Crippen LogP contribution >= 0.6 is 11.6 Å². The molecule has 3 saturated heterocycles. The van der Waals surface area contributed by atoms with Gasteiger partial charge in [-0.25, -0.2) is 0 Å². The average Bonchev–Trinajstić information content (AvgIpc) is 3.27. The Bertz CT molecular complexity index is 2020. The van der Waals surface area contributed by atoms with Crippen molar-refractivity contribution in [2.24, 2.45) is 10.2 Å². The fraction of sp³-hybridized carbons (Fsp3) is 0.590. The highest BCUT2D eigenvalue weighted by atomic mass is 35.5. The van der Waals surface area contributed by atoms with Gasteiger partial charge >= 0.3 is 5.97 Å². The number of nitrogens with zero attached hydrogens (tertiary/aromatic N) is 7. The molecular formula is C39H51ClN8O16. The SMILES string of the molecule is CC(=O)Nc1cc(N(CCC#N)CCOC(=O)CCC(=O)N2CCN(C[C@H]3O[C@@H](O[C@H]4[C@H](O)[C@@H](O)C(O)O[C@@H]4CO)[C@H](O)[C@@H](O)[C@H]3O)CC2)ccc1N=Nc1ccc([N+](=O)[O-])cc1Cl. The van der Waals surface area contributed by atoms with E-state index in [2.05, 4.69) is 21.6 Å². The molecule has 0 aromatic heterocycles. The summed E-state index contributed by atoms with van der Waals surface area (Å²) in [7, 11) is 0. The van der Waals surface area contributed by atoms with Crippen molar-refractivity contribution in [1.82, 2.24) is 9.80 Å². The number of rotatable bonds is 18. The molecule has 8 N–H and O–H groups in total. The predicted octanol–water partition coefficient (Wildman–Crippen LogP) is -0.566. The van der Waals surface area contributed by atoms with Crippen LogP contribution in [0.1, 0.15) is 26.2 Å². The van der Waals surface area contributed by atoms with Gasteiger partial charge in [-0.1, -0.05) is 11.6 Å². The maximum atomic E-state index is 13.0. The fourth-order valence-electron chi connectivity index (χ4n) is 7.16. The third-order valence-corrected chi connectivity index (χ3v) is 11.0. The van der Waals surface area contributed by atoms with E-state index in [1.807, 2.05) is 4.90 Å². The van der Waals surface area contributed by atoms with E-state index in [-0.39, 0.29) is 92.3 Å². The zero-order valence-corrected chi connectivity index (χ0v) is 35.3. The number of halogens is 1. The van der Waals surface area contributed by atoms with E-state index in [1.54, 1.807) is 28.0 Å². The van der Waals surface area contributed by atoms with Crippen molar-refractivity contribution in [2.75, 3.05) is 69.2 Å². The molecule has 5 rings (SSSR count). The van der Waals surface area contributed by atoms with E-state index in [1.165, 1.54) is 19.1 Å². The molecule has 0 saturated carbocycles. The number of anilines is 2. The second kappa shape index (κ2) is 23.3. The minimum Gasteiger partial charge on any atom is -0.464 e. The van der Waals surface area contributed by atoms with Crippen LogP contribution in [-0.4, -0.2) is 189 Å². The summed E-state index contributed by atoms with van der Waals surface area (Å²) in [5.41, 5.74) is 0.980. The minimum atomic E-state index is -1.81. The third kappa shape index (κ3) is 13.1. The van der Waals surface area contributed by atoms with E-state index < -0.39 is 84.8 Å². The number of ether oxygens (including phenoxy) is 4. The highest BCUT2D eigenvalue weighted by molar-refractivity contribution is 6.33. The Labute approximate surface area is 370 Å². The Hall–Kier alpha value is -5.01. The number of amides is 2. The van der Waals surface area contributed by atoms with Crippen LogP contribution in [0, 0.1) is 21.4 Å². The lowest BCUT2D eigenvalue weighted by molar-refractivity contribution is -0.384. The van der Waals surface area contributed by atoms with Gasteiger partial charge in [-0.2, -0.15) is 5.26 Å². The Kier molecular flexibility index (Phi) is 18.2. The Morgan fingerprint density at radius 2 is 1.64 bits per heavy atom. The lowest BCUT2D eigenvalue weighted by atomic mass is 9.96. The Morgan fingerprint density at radius 1 is 0.938 bits per heavy atom. The van der Waals surface area contributed by atoms with Gasteiger partial charge in [0.05, 0.1) is 47.7 Å². The number of nitro groups is 1. The lowest BCUT2D eigenvalue weighted by Gasteiger charge is -2.46. The number of non-ortho nitro benzene ring substituents is 1. The summed E-state index contributed by atoms with van der Waals surface area (Å²) in [6, 6.07) is 10.6. The number of nitriles is 1. The van der Waals surface area contributed by atoms with E-state index in [4.69, 9.17) is 30.5 Å². The van der Waals surface area contributed by atoms with Gasteiger partial charge in [0.1, 0.15) is 66.8 Å². The van der Waals surface area contributed by atoms with Gasteiger partial charge in [-0.05, 0) is 24.3 Å². The molecule has 2 aromatic carbocycles. The molecule has 0 spiro atoms. The first kappa shape index (κ1) is 50.0. The molecule has 10 atom stereocenters. The highest BCUT2D eigenvalue weighted by Gasteiger charge is 2.50. The van der Waals surface area contributed by atoms with Crippen LogP contribution in [0.15, 0.2) is 46.6 Å². The molecule has 3 fully saturated rings. The lowest BCUT2D eigenvalue weighted by Crippen LogP contribution is -2.65.